The van der Waals surface area contributed by atoms with E-state index in [1.807, 2.05) is 0 Å². The predicted molar refractivity (Wildman–Crippen MR) is 124 cm³/mol. The van der Waals surface area contributed by atoms with Gasteiger partial charge in [0.1, 0.15) is 20.8 Å². The number of halogens is 1. The minimum absolute atomic E-state index is 0.223. The molecular weight excluding hydrogens is 500 g/mol. The topological polar surface area (TPSA) is 128 Å². The van der Waals surface area contributed by atoms with Gasteiger partial charge < -0.3 is 9.47 Å². The molecule has 0 atom stereocenters. The van der Waals surface area contributed by atoms with E-state index in [1.54, 1.807) is 11.6 Å². The van der Waals surface area contributed by atoms with E-state index in [0.717, 1.165) is 6.92 Å². The molecular formula is C20H23BrN6O4S. The quantitative estimate of drug-likeness (QED) is 0.384. The predicted octanol–water partition coefficient (Wildman–Crippen LogP) is 3.12. The van der Waals surface area contributed by atoms with Crippen molar-refractivity contribution in [3.8, 4) is 23.0 Å². The van der Waals surface area contributed by atoms with Gasteiger partial charge in [-0.3, -0.25) is 4.72 Å². The summed E-state index contributed by atoms with van der Waals surface area (Å²) in [5.74, 6) is -1.84. The number of hydrogen-bond acceptors (Lipinski definition) is 8. The zero-order valence-corrected chi connectivity index (χ0v) is 19.0. The van der Waals surface area contributed by atoms with E-state index in [2.05, 4.69) is 35.9 Å². The van der Waals surface area contributed by atoms with Gasteiger partial charge in [-0.25, -0.2) is 19.9 Å². The van der Waals surface area contributed by atoms with Crippen LogP contribution in [0.25, 0.3) is 11.1 Å². The molecule has 1 aromatic carbocycles. The lowest BCUT2D eigenvalue weighted by molar-refractivity contribution is 0.202. The van der Waals surface area contributed by atoms with Gasteiger partial charge in [-0.2, -0.15) is 13.1 Å². The molecule has 0 aliphatic carbocycles. The number of ether oxygens (including phenoxy) is 2. The molecule has 170 valence electrons. The smallest absolute Gasteiger partial charge is 0.316 e. The van der Waals surface area contributed by atoms with Crippen molar-refractivity contribution in [2.45, 2.75) is 20.2 Å². The third kappa shape index (κ3) is 6.84. The maximum atomic E-state index is 12.9. The zero-order chi connectivity index (χ0) is 32.7. The number of anilines is 1. The molecule has 3 aromatic rings. The Hall–Kier alpha value is -2.83. The van der Waals surface area contributed by atoms with Gasteiger partial charge in [0.05, 0.1) is 13.8 Å². The first-order chi connectivity index (χ1) is 19.5. The summed E-state index contributed by atoms with van der Waals surface area (Å²) < 4.78 is 128. The molecule has 0 aliphatic heterocycles. The lowest BCUT2D eigenvalue weighted by Crippen LogP contribution is -2.31. The Balaban J connectivity index is 2.20. The molecule has 0 saturated carbocycles. The molecule has 0 unspecified atom stereocenters. The van der Waals surface area contributed by atoms with Gasteiger partial charge in [0.25, 0.3) is 10.2 Å². The average Bonchev–Trinajstić information content (AvgIpc) is 2.85. The Morgan fingerprint density at radius 3 is 2.53 bits per heavy atom. The van der Waals surface area contributed by atoms with Gasteiger partial charge in [-0.1, -0.05) is 34.9 Å². The summed E-state index contributed by atoms with van der Waals surface area (Å²) in [5, 5.41) is 0. The second-order valence-corrected chi connectivity index (χ2v) is 7.91. The SMILES string of the molecule is [2H]c1nc(NS(=O)(=O)NC([2H])([2H])C([2H])([2H])C)c(-c2c([2H])c([2H])c(Br)c([2H])c2[2H])c(OC([2H])([2H])COc2ncc(C)cn2)n1. The number of hydrogen-bond donors (Lipinski definition) is 2. The summed E-state index contributed by atoms with van der Waals surface area (Å²) in [4.78, 5) is 15.1. The van der Waals surface area contributed by atoms with Gasteiger partial charge >= 0.3 is 6.01 Å². The Morgan fingerprint density at radius 2 is 1.84 bits per heavy atom. The van der Waals surface area contributed by atoms with Crippen LogP contribution in [0.3, 0.4) is 0 Å². The number of benzene rings is 1. The first-order valence-electron chi connectivity index (χ1n) is 14.1. The Labute approximate surface area is 210 Å². The standard InChI is InChI=1S/C20H23BrN6O4S/c1-3-8-26-32(28,29)27-18-17(15-4-6-16(21)7-5-15)19(25-13-24-18)30-9-10-31-20-22-11-14(2)12-23-20/h4-7,11-13,26H,3,8-10H2,1-2H3,(H,24,25,27)/i3D2,4D,5D,6D,7D,8D2,9D2,13D. The van der Waals surface area contributed by atoms with E-state index in [0.29, 0.717) is 5.56 Å². The fourth-order valence-electron chi connectivity index (χ4n) is 2.05. The molecule has 0 amide bonds. The molecule has 0 fully saturated rings. The van der Waals surface area contributed by atoms with Gasteiger partial charge in [-0.15, -0.1) is 0 Å². The van der Waals surface area contributed by atoms with Crippen molar-refractivity contribution in [1.82, 2.24) is 24.7 Å². The van der Waals surface area contributed by atoms with E-state index in [4.69, 9.17) is 24.6 Å². The van der Waals surface area contributed by atoms with E-state index in [-0.39, 0.29) is 10.5 Å². The summed E-state index contributed by atoms with van der Waals surface area (Å²) in [6.07, 6.45) is -0.877. The first-order valence-corrected chi connectivity index (χ1v) is 10.9. The number of nitrogens with one attached hydrogen (secondary N) is 2. The highest BCUT2D eigenvalue weighted by molar-refractivity contribution is 9.10. The van der Waals surface area contributed by atoms with Crippen molar-refractivity contribution in [1.29, 1.82) is 0 Å². The minimum Gasteiger partial charge on any atom is -0.473 e. The molecule has 0 saturated heterocycles. The second-order valence-electron chi connectivity index (χ2n) is 5.70. The molecule has 12 heteroatoms. The van der Waals surface area contributed by atoms with Gasteiger partial charge in [0.2, 0.25) is 5.88 Å². The van der Waals surface area contributed by atoms with E-state index in [9.17, 15) is 8.42 Å². The molecule has 0 bridgehead atoms. The van der Waals surface area contributed by atoms with Crippen LogP contribution in [0.5, 0.6) is 11.9 Å². The van der Waals surface area contributed by atoms with Crippen molar-refractivity contribution >= 4 is 32.0 Å². The number of aryl methyl sites for hydroxylation is 1. The molecule has 3 rings (SSSR count). The molecule has 0 aliphatic rings. The highest BCUT2D eigenvalue weighted by atomic mass is 79.9. The normalized spacial score (nSPS) is 17.5. The van der Waals surface area contributed by atoms with E-state index >= 15 is 0 Å². The summed E-state index contributed by atoms with van der Waals surface area (Å²) in [7, 11) is -5.09. The van der Waals surface area contributed by atoms with Crippen LogP contribution >= 0.6 is 15.9 Å². The maximum absolute atomic E-state index is 12.9. The van der Waals surface area contributed by atoms with Gasteiger partial charge in [0, 0.05) is 28.8 Å². The molecule has 10 nitrogen and oxygen atoms in total. The van der Waals surface area contributed by atoms with Crippen LogP contribution in [0.2, 0.25) is 0 Å². The van der Waals surface area contributed by atoms with Crippen LogP contribution in [0.15, 0.2) is 47.3 Å². The minimum atomic E-state index is -5.09. The van der Waals surface area contributed by atoms with Crippen LogP contribution in [0.4, 0.5) is 5.82 Å². The van der Waals surface area contributed by atoms with E-state index < -0.39 is 89.5 Å². The van der Waals surface area contributed by atoms with Crippen LogP contribution in [-0.4, -0.2) is 48.0 Å². The molecule has 0 radical (unpaired) electrons. The molecule has 2 heterocycles. The fourth-order valence-corrected chi connectivity index (χ4v) is 2.93. The van der Waals surface area contributed by atoms with Gasteiger partial charge in [0.15, 0.2) is 5.82 Å². The van der Waals surface area contributed by atoms with Crippen molar-refractivity contribution in [2.24, 2.45) is 0 Å². The Kier molecular flexibility index (Phi) is 4.54. The monoisotopic (exact) mass is 533 g/mol. The molecule has 2 aromatic heterocycles. The van der Waals surface area contributed by atoms with Crippen molar-refractivity contribution < 1.29 is 33.0 Å². The summed E-state index contributed by atoms with van der Waals surface area (Å²) >= 11 is 2.94. The lowest BCUT2D eigenvalue weighted by Gasteiger charge is -2.15. The number of rotatable bonds is 11. The van der Waals surface area contributed by atoms with Crippen molar-refractivity contribution in [3.05, 3.63) is 52.9 Å². The average molecular weight is 534 g/mol. The van der Waals surface area contributed by atoms with Crippen LogP contribution in [0.1, 0.15) is 33.9 Å². The highest BCUT2D eigenvalue weighted by Gasteiger charge is 2.19. The number of aromatic nitrogens is 4. The first kappa shape index (κ1) is 13.0. The summed E-state index contributed by atoms with van der Waals surface area (Å²) in [6.45, 7) is -4.39. The third-order valence-corrected chi connectivity index (χ3v) is 4.57. The molecule has 0 spiro atoms. The van der Waals surface area contributed by atoms with Crippen LogP contribution in [-0.2, 0) is 10.2 Å². The Morgan fingerprint density at radius 1 is 1.12 bits per heavy atom. The second kappa shape index (κ2) is 11.2. The van der Waals surface area contributed by atoms with Crippen molar-refractivity contribution in [3.63, 3.8) is 0 Å². The Bertz CT molecular complexity index is 1610. The number of nitrogens with zero attached hydrogens (tertiary/aromatic N) is 4. The maximum Gasteiger partial charge on any atom is 0.316 e. The highest BCUT2D eigenvalue weighted by Crippen LogP contribution is 2.34. The summed E-state index contributed by atoms with van der Waals surface area (Å²) in [6, 6.07) is -3.00. The van der Waals surface area contributed by atoms with E-state index in [1.165, 1.54) is 17.1 Å². The summed E-state index contributed by atoms with van der Waals surface area (Å²) in [5.41, 5.74) is -0.720. The molecule has 32 heavy (non-hydrogen) atoms. The van der Waals surface area contributed by atoms with Crippen molar-refractivity contribution in [2.75, 3.05) is 24.4 Å². The largest absolute Gasteiger partial charge is 0.473 e. The third-order valence-electron chi connectivity index (χ3n) is 3.34. The lowest BCUT2D eigenvalue weighted by atomic mass is 10.1. The van der Waals surface area contributed by atoms with Gasteiger partial charge in [-0.05, 0) is 36.5 Å². The van der Waals surface area contributed by atoms with Crippen LogP contribution < -0.4 is 18.9 Å². The fraction of sp³-hybridized carbons (Fsp3) is 0.300. The zero-order valence-electron chi connectivity index (χ0n) is 27.6. The molecule has 2 N–H and O–H groups in total. The van der Waals surface area contributed by atoms with Crippen LogP contribution in [0, 0.1) is 6.92 Å².